The van der Waals surface area contributed by atoms with Crippen molar-refractivity contribution in [2.45, 2.75) is 20.4 Å². The third-order valence-corrected chi connectivity index (χ3v) is 6.94. The molecule has 3 aromatic carbocycles. The Labute approximate surface area is 217 Å². The molecule has 5 aromatic rings. The average Bonchev–Trinajstić information content (AvgIpc) is 3.16. The molecule has 2 heterocycles. The van der Waals surface area contributed by atoms with E-state index in [2.05, 4.69) is 10.5 Å². The normalized spacial score (nSPS) is 11.6. The van der Waals surface area contributed by atoms with E-state index in [0.29, 0.717) is 31.9 Å². The van der Waals surface area contributed by atoms with Crippen molar-refractivity contribution in [1.82, 2.24) is 14.6 Å². The number of aromatic nitrogens is 2. The first-order chi connectivity index (χ1) is 17.3. The van der Waals surface area contributed by atoms with Crippen LogP contribution in [-0.4, -0.2) is 21.3 Å². The van der Waals surface area contributed by atoms with Gasteiger partial charge < -0.3 is 9.13 Å². The van der Waals surface area contributed by atoms with E-state index >= 15 is 0 Å². The average molecular weight is 517 g/mol. The van der Waals surface area contributed by atoms with E-state index in [1.807, 2.05) is 77.6 Å². The van der Waals surface area contributed by atoms with Gasteiger partial charge in [-0.15, -0.1) is 0 Å². The Kier molecular flexibility index (Phi) is 6.39. The number of rotatable bonds is 5. The number of carbonyl (C=O) groups is 1. The van der Waals surface area contributed by atoms with Crippen molar-refractivity contribution in [3.8, 4) is 5.69 Å². The second kappa shape index (κ2) is 9.64. The van der Waals surface area contributed by atoms with Crippen LogP contribution in [0.25, 0.3) is 27.5 Å². The molecule has 0 bridgehead atoms. The van der Waals surface area contributed by atoms with Gasteiger partial charge in [0.05, 0.1) is 27.3 Å². The zero-order chi connectivity index (χ0) is 25.4. The Bertz CT molecular complexity index is 1670. The Morgan fingerprint density at radius 2 is 1.56 bits per heavy atom. The molecule has 5 rings (SSSR count). The summed E-state index contributed by atoms with van der Waals surface area (Å²) in [6, 6.07) is 22.0. The highest BCUT2D eigenvalue weighted by atomic mass is 35.5. The fourth-order valence-corrected chi connectivity index (χ4v) is 4.83. The molecule has 0 unspecified atom stereocenters. The summed E-state index contributed by atoms with van der Waals surface area (Å²) in [6.45, 7) is 3.97. The molecule has 0 fully saturated rings. The van der Waals surface area contributed by atoms with Gasteiger partial charge in [0.2, 0.25) is 0 Å². The lowest BCUT2D eigenvalue weighted by molar-refractivity contribution is -0.121. The van der Waals surface area contributed by atoms with E-state index in [4.69, 9.17) is 23.2 Å². The van der Waals surface area contributed by atoms with Gasteiger partial charge in [0.1, 0.15) is 6.54 Å². The van der Waals surface area contributed by atoms with Gasteiger partial charge >= 0.3 is 0 Å². The van der Waals surface area contributed by atoms with Gasteiger partial charge in [0, 0.05) is 33.4 Å². The molecule has 1 N–H and O–H groups in total. The number of hydrogen-bond donors (Lipinski definition) is 1. The van der Waals surface area contributed by atoms with E-state index in [1.54, 1.807) is 24.4 Å². The maximum absolute atomic E-state index is 12.9. The van der Waals surface area contributed by atoms with Crippen LogP contribution >= 0.6 is 23.2 Å². The van der Waals surface area contributed by atoms with Crippen LogP contribution in [0.3, 0.4) is 0 Å². The van der Waals surface area contributed by atoms with E-state index < -0.39 is 0 Å². The van der Waals surface area contributed by atoms with Crippen LogP contribution in [0.4, 0.5) is 0 Å². The maximum Gasteiger partial charge on any atom is 0.260 e. The highest BCUT2D eigenvalue weighted by molar-refractivity contribution is 6.42. The standard InChI is InChI=1S/C28H22Cl2N4O2/c1-17-13-19(18(2)34(17)20-11-12-23(29)24(30)14-20)15-31-32-27(35)16-33-25-9-5-3-7-21(25)28(36)22-8-4-6-10-26(22)33/h3-15H,16H2,1-2H3,(H,32,35)/b31-15-. The second-order valence-electron chi connectivity index (χ2n) is 8.50. The quantitative estimate of drug-likeness (QED) is 0.176. The maximum atomic E-state index is 12.9. The molecule has 2 aromatic heterocycles. The van der Waals surface area contributed by atoms with Gasteiger partial charge in [-0.2, -0.15) is 5.10 Å². The highest BCUT2D eigenvalue weighted by Gasteiger charge is 2.13. The minimum Gasteiger partial charge on any atom is -0.331 e. The van der Waals surface area contributed by atoms with E-state index in [1.165, 1.54) is 0 Å². The molecule has 0 saturated carbocycles. The topological polar surface area (TPSA) is 68.4 Å². The van der Waals surface area contributed by atoms with Crippen LogP contribution < -0.4 is 10.9 Å². The van der Waals surface area contributed by atoms with Crippen molar-refractivity contribution in [2.75, 3.05) is 0 Å². The number of nitrogens with one attached hydrogen (secondary N) is 1. The number of carbonyl (C=O) groups excluding carboxylic acids is 1. The lowest BCUT2D eigenvalue weighted by atomic mass is 10.1. The van der Waals surface area contributed by atoms with E-state index in [9.17, 15) is 9.59 Å². The van der Waals surface area contributed by atoms with Crippen LogP contribution in [0.5, 0.6) is 0 Å². The van der Waals surface area contributed by atoms with Crippen molar-refractivity contribution in [3.05, 3.63) is 110 Å². The number of hydrogen-bond acceptors (Lipinski definition) is 3. The second-order valence-corrected chi connectivity index (χ2v) is 9.32. The number of fused-ring (bicyclic) bond motifs is 2. The van der Waals surface area contributed by atoms with Crippen LogP contribution in [0, 0.1) is 13.8 Å². The zero-order valence-electron chi connectivity index (χ0n) is 19.6. The Morgan fingerprint density at radius 1 is 0.917 bits per heavy atom. The molecule has 0 saturated heterocycles. The molecule has 1 amide bonds. The lowest BCUT2D eigenvalue weighted by Gasteiger charge is -2.14. The summed E-state index contributed by atoms with van der Waals surface area (Å²) >= 11 is 12.3. The first kappa shape index (κ1) is 23.9. The molecular weight excluding hydrogens is 495 g/mol. The van der Waals surface area contributed by atoms with E-state index in [-0.39, 0.29) is 17.9 Å². The van der Waals surface area contributed by atoms with Crippen molar-refractivity contribution in [1.29, 1.82) is 0 Å². The molecule has 0 aliphatic carbocycles. The van der Waals surface area contributed by atoms with Crippen molar-refractivity contribution < 1.29 is 4.79 Å². The highest BCUT2D eigenvalue weighted by Crippen LogP contribution is 2.27. The Hall–Kier alpha value is -3.87. The van der Waals surface area contributed by atoms with Crippen molar-refractivity contribution in [3.63, 3.8) is 0 Å². The third-order valence-electron chi connectivity index (χ3n) is 6.21. The minimum absolute atomic E-state index is 0.0148. The third kappa shape index (κ3) is 4.30. The number of aryl methyl sites for hydroxylation is 1. The summed E-state index contributed by atoms with van der Waals surface area (Å²) in [5.74, 6) is -0.302. The number of pyridine rings is 1. The molecular formula is C28H22Cl2N4O2. The number of nitrogens with zero attached hydrogens (tertiary/aromatic N) is 3. The van der Waals surface area contributed by atoms with Crippen molar-refractivity contribution >= 4 is 57.1 Å². The SMILES string of the molecule is Cc1cc(/C=N\NC(=O)Cn2c3ccccc3c(=O)c3ccccc32)c(C)n1-c1ccc(Cl)c(Cl)c1. The fraction of sp³-hybridized carbons (Fsp3) is 0.107. The summed E-state index contributed by atoms with van der Waals surface area (Å²) in [7, 11) is 0. The summed E-state index contributed by atoms with van der Waals surface area (Å²) in [5, 5.41) is 6.31. The van der Waals surface area contributed by atoms with Gasteiger partial charge in [-0.1, -0.05) is 47.5 Å². The van der Waals surface area contributed by atoms with Gasteiger partial charge in [-0.3, -0.25) is 9.59 Å². The molecule has 0 aliphatic rings. The zero-order valence-corrected chi connectivity index (χ0v) is 21.1. The predicted octanol–water partition coefficient (Wildman–Crippen LogP) is 6.02. The lowest BCUT2D eigenvalue weighted by Crippen LogP contribution is -2.25. The number of amides is 1. The smallest absolute Gasteiger partial charge is 0.260 e. The number of para-hydroxylation sites is 2. The molecule has 0 radical (unpaired) electrons. The van der Waals surface area contributed by atoms with Gasteiger partial charge in [0.25, 0.3) is 5.91 Å². The molecule has 0 aliphatic heterocycles. The number of benzene rings is 3. The molecule has 8 heteroatoms. The molecule has 0 spiro atoms. The molecule has 6 nitrogen and oxygen atoms in total. The predicted molar refractivity (Wildman–Crippen MR) is 147 cm³/mol. The molecule has 36 heavy (non-hydrogen) atoms. The summed E-state index contributed by atoms with van der Waals surface area (Å²) in [4.78, 5) is 25.8. The van der Waals surface area contributed by atoms with Gasteiger partial charge in [-0.25, -0.2) is 5.43 Å². The van der Waals surface area contributed by atoms with Gasteiger partial charge in [-0.05, 0) is 62.4 Å². The molecule has 0 atom stereocenters. The number of halogens is 2. The monoisotopic (exact) mass is 516 g/mol. The fourth-order valence-electron chi connectivity index (χ4n) is 4.54. The first-order valence-corrected chi connectivity index (χ1v) is 12.1. The largest absolute Gasteiger partial charge is 0.331 e. The van der Waals surface area contributed by atoms with Crippen LogP contribution in [0.15, 0.2) is 82.7 Å². The van der Waals surface area contributed by atoms with Gasteiger partial charge in [0.15, 0.2) is 5.43 Å². The summed E-state index contributed by atoms with van der Waals surface area (Å²) in [5.41, 5.74) is 7.66. The number of hydrazone groups is 1. The minimum atomic E-state index is -0.302. The Morgan fingerprint density at radius 3 is 2.19 bits per heavy atom. The van der Waals surface area contributed by atoms with Crippen LogP contribution in [0.2, 0.25) is 10.0 Å². The van der Waals surface area contributed by atoms with Crippen LogP contribution in [-0.2, 0) is 11.3 Å². The Balaban J connectivity index is 1.40. The first-order valence-electron chi connectivity index (χ1n) is 11.3. The van der Waals surface area contributed by atoms with Crippen LogP contribution in [0.1, 0.15) is 17.0 Å². The van der Waals surface area contributed by atoms with Crippen molar-refractivity contribution in [2.24, 2.45) is 5.10 Å². The molecule has 180 valence electrons. The summed E-state index contributed by atoms with van der Waals surface area (Å²) in [6.07, 6.45) is 1.62. The van der Waals surface area contributed by atoms with E-state index in [0.717, 1.165) is 22.6 Å². The summed E-state index contributed by atoms with van der Waals surface area (Å²) < 4.78 is 3.89.